The van der Waals surface area contributed by atoms with Crippen molar-refractivity contribution >= 4 is 11.4 Å². The summed E-state index contributed by atoms with van der Waals surface area (Å²) >= 11 is 0. The van der Waals surface area contributed by atoms with Gasteiger partial charge in [-0.2, -0.15) is 13.2 Å². The smallest absolute Gasteiger partial charge is 0.392 e. The Morgan fingerprint density at radius 3 is 2.65 bits per heavy atom. The van der Waals surface area contributed by atoms with Crippen LogP contribution in [0.1, 0.15) is 12.0 Å². The van der Waals surface area contributed by atoms with Crippen LogP contribution in [0.2, 0.25) is 0 Å². The summed E-state index contributed by atoms with van der Waals surface area (Å²) in [4.78, 5) is 11.6. The Morgan fingerprint density at radius 1 is 1.45 bits per heavy atom. The molecular formula is C12H13F3N2O3. The van der Waals surface area contributed by atoms with Gasteiger partial charge >= 0.3 is 6.18 Å². The third-order valence-corrected chi connectivity index (χ3v) is 3.44. The first kappa shape index (κ1) is 14.6. The molecule has 2 rings (SSSR count). The number of halogens is 3. The summed E-state index contributed by atoms with van der Waals surface area (Å²) in [7, 11) is 0. The van der Waals surface area contributed by atoms with Crippen LogP contribution in [-0.4, -0.2) is 29.3 Å². The highest BCUT2D eigenvalue weighted by molar-refractivity contribution is 5.59. The fraction of sp³-hybridized carbons (Fsp3) is 0.500. The molecular weight excluding hydrogens is 277 g/mol. The van der Waals surface area contributed by atoms with Gasteiger partial charge in [0.2, 0.25) is 0 Å². The van der Waals surface area contributed by atoms with Crippen molar-refractivity contribution in [3.8, 4) is 0 Å². The second-order valence-electron chi connectivity index (χ2n) is 4.70. The molecule has 0 amide bonds. The predicted octanol–water partition coefficient (Wildman–Crippen LogP) is 2.48. The number of nitrogens with zero attached hydrogens (tertiary/aromatic N) is 2. The Morgan fingerprint density at radius 2 is 2.15 bits per heavy atom. The summed E-state index contributed by atoms with van der Waals surface area (Å²) < 4.78 is 38.0. The molecule has 1 fully saturated rings. The third kappa shape index (κ3) is 2.84. The summed E-state index contributed by atoms with van der Waals surface area (Å²) in [6, 6.07) is 3.81. The zero-order valence-corrected chi connectivity index (χ0v) is 10.4. The molecule has 1 N–H and O–H groups in total. The van der Waals surface area contributed by atoms with Gasteiger partial charge in [-0.3, -0.25) is 10.1 Å². The molecule has 1 unspecified atom stereocenters. The van der Waals surface area contributed by atoms with Crippen molar-refractivity contribution in [2.75, 3.05) is 18.0 Å². The van der Waals surface area contributed by atoms with E-state index < -0.39 is 17.0 Å². The summed E-state index contributed by atoms with van der Waals surface area (Å²) in [5.74, 6) is -1.44. The fourth-order valence-corrected chi connectivity index (χ4v) is 2.34. The molecule has 0 saturated carbocycles. The van der Waals surface area contributed by atoms with Gasteiger partial charge in [0.25, 0.3) is 5.69 Å². The Bertz CT molecular complexity index is 519. The summed E-state index contributed by atoms with van der Waals surface area (Å²) in [6.45, 7) is -0.448. The highest BCUT2D eigenvalue weighted by atomic mass is 19.4. The highest BCUT2D eigenvalue weighted by Crippen LogP contribution is 2.37. The van der Waals surface area contributed by atoms with E-state index in [2.05, 4.69) is 0 Å². The maximum absolute atomic E-state index is 12.7. The van der Waals surface area contributed by atoms with Crippen LogP contribution in [0, 0.1) is 16.0 Å². The monoisotopic (exact) mass is 290 g/mol. The van der Waals surface area contributed by atoms with E-state index >= 15 is 0 Å². The van der Waals surface area contributed by atoms with Crippen molar-refractivity contribution < 1.29 is 23.2 Å². The van der Waals surface area contributed by atoms with E-state index in [1.807, 2.05) is 0 Å². The molecule has 5 nitrogen and oxygen atoms in total. The van der Waals surface area contributed by atoms with E-state index in [1.165, 1.54) is 23.1 Å². The lowest BCUT2D eigenvalue weighted by Crippen LogP contribution is -2.28. The van der Waals surface area contributed by atoms with Crippen molar-refractivity contribution in [3.05, 3.63) is 33.9 Å². The number of alkyl halides is 3. The Balaban J connectivity index is 2.28. The second-order valence-corrected chi connectivity index (χ2v) is 4.70. The van der Waals surface area contributed by atoms with E-state index in [0.29, 0.717) is 11.3 Å². The number of nitro benzene ring substituents is 1. The zero-order valence-electron chi connectivity index (χ0n) is 10.4. The second kappa shape index (κ2) is 5.28. The number of aliphatic hydroxyl groups excluding tert-OH is 1. The number of aliphatic hydroxyl groups is 1. The lowest BCUT2D eigenvalue weighted by Gasteiger charge is -2.22. The molecule has 1 aliphatic heterocycles. The summed E-state index contributed by atoms with van der Waals surface area (Å²) in [5.41, 5.74) is 0.486. The molecule has 0 bridgehead atoms. The van der Waals surface area contributed by atoms with Gasteiger partial charge in [0.15, 0.2) is 0 Å². The van der Waals surface area contributed by atoms with Gasteiger partial charge in [-0.15, -0.1) is 0 Å². The maximum atomic E-state index is 12.7. The molecule has 0 aromatic heterocycles. The van der Waals surface area contributed by atoms with Gasteiger partial charge in [0.05, 0.1) is 17.4 Å². The number of hydrogen-bond donors (Lipinski definition) is 1. The van der Waals surface area contributed by atoms with Gasteiger partial charge in [-0.1, -0.05) is 0 Å². The molecule has 20 heavy (non-hydrogen) atoms. The van der Waals surface area contributed by atoms with Crippen molar-refractivity contribution in [2.45, 2.75) is 19.2 Å². The SMILES string of the molecule is O=[N+]([O-])c1ccc(CO)c(N2CCC(C(F)(F)F)C2)c1. The molecule has 0 spiro atoms. The van der Waals surface area contributed by atoms with Crippen molar-refractivity contribution in [1.82, 2.24) is 0 Å². The minimum atomic E-state index is -4.27. The topological polar surface area (TPSA) is 66.6 Å². The standard InChI is InChI=1S/C12H13F3N2O3/c13-12(14,15)9-3-4-16(6-9)11-5-10(17(19)20)2-1-8(11)7-18/h1-2,5,9,18H,3-4,6-7H2. The molecule has 1 atom stereocenters. The normalized spacial score (nSPS) is 19.4. The van der Waals surface area contributed by atoms with Crippen LogP contribution in [-0.2, 0) is 6.61 Å². The van der Waals surface area contributed by atoms with Crippen LogP contribution in [0.3, 0.4) is 0 Å². The average molecular weight is 290 g/mol. The molecule has 1 aromatic rings. The Hall–Kier alpha value is -1.83. The first-order valence-corrected chi connectivity index (χ1v) is 6.02. The van der Waals surface area contributed by atoms with Crippen molar-refractivity contribution in [1.29, 1.82) is 0 Å². The Labute approximate surface area is 112 Å². The lowest BCUT2D eigenvalue weighted by atomic mass is 10.1. The predicted molar refractivity (Wildman–Crippen MR) is 65.4 cm³/mol. The number of hydrogen-bond acceptors (Lipinski definition) is 4. The number of nitro groups is 1. The van der Waals surface area contributed by atoms with Crippen molar-refractivity contribution in [2.24, 2.45) is 5.92 Å². The summed E-state index contributed by atoms with van der Waals surface area (Å²) in [5, 5.41) is 20.0. The highest BCUT2D eigenvalue weighted by Gasteiger charge is 2.44. The quantitative estimate of drug-likeness (QED) is 0.686. The first-order valence-electron chi connectivity index (χ1n) is 6.02. The molecule has 0 radical (unpaired) electrons. The van der Waals surface area contributed by atoms with Gasteiger partial charge in [0, 0.05) is 36.5 Å². The molecule has 8 heteroatoms. The fourth-order valence-electron chi connectivity index (χ4n) is 2.34. The largest absolute Gasteiger partial charge is 0.393 e. The van der Waals surface area contributed by atoms with Gasteiger partial charge < -0.3 is 10.0 Å². The molecule has 110 valence electrons. The van der Waals surface area contributed by atoms with Gasteiger partial charge in [-0.25, -0.2) is 0 Å². The number of benzene rings is 1. The molecule has 1 saturated heterocycles. The van der Waals surface area contributed by atoms with E-state index in [-0.39, 0.29) is 31.8 Å². The zero-order chi connectivity index (χ0) is 14.9. The summed E-state index contributed by atoms with van der Waals surface area (Å²) in [6.07, 6.45) is -4.31. The third-order valence-electron chi connectivity index (χ3n) is 3.44. The number of rotatable bonds is 3. The number of non-ortho nitro benzene ring substituents is 1. The molecule has 1 aromatic carbocycles. The maximum Gasteiger partial charge on any atom is 0.393 e. The lowest BCUT2D eigenvalue weighted by molar-refractivity contribution is -0.384. The van der Waals surface area contributed by atoms with Crippen LogP contribution in [0.5, 0.6) is 0 Å². The Kier molecular flexibility index (Phi) is 3.85. The van der Waals surface area contributed by atoms with E-state index in [9.17, 15) is 28.4 Å². The first-order chi connectivity index (χ1) is 9.32. The average Bonchev–Trinajstić information content (AvgIpc) is 2.87. The van der Waals surface area contributed by atoms with Crippen LogP contribution >= 0.6 is 0 Å². The molecule has 0 aliphatic carbocycles. The van der Waals surface area contributed by atoms with Crippen LogP contribution < -0.4 is 4.90 Å². The van der Waals surface area contributed by atoms with E-state index in [0.717, 1.165) is 0 Å². The number of anilines is 1. The minimum absolute atomic E-state index is 0.0446. The van der Waals surface area contributed by atoms with Crippen LogP contribution in [0.15, 0.2) is 18.2 Å². The van der Waals surface area contributed by atoms with Gasteiger partial charge in [0.1, 0.15) is 0 Å². The van der Waals surface area contributed by atoms with Crippen LogP contribution in [0.25, 0.3) is 0 Å². The molecule has 1 heterocycles. The van der Waals surface area contributed by atoms with Gasteiger partial charge in [-0.05, 0) is 12.5 Å². The van der Waals surface area contributed by atoms with E-state index in [1.54, 1.807) is 0 Å². The van der Waals surface area contributed by atoms with E-state index in [4.69, 9.17) is 0 Å². The minimum Gasteiger partial charge on any atom is -0.392 e. The molecule has 1 aliphatic rings. The van der Waals surface area contributed by atoms with Crippen LogP contribution in [0.4, 0.5) is 24.5 Å². The van der Waals surface area contributed by atoms with Crippen molar-refractivity contribution in [3.63, 3.8) is 0 Å².